The lowest BCUT2D eigenvalue weighted by Crippen LogP contribution is -2.29. The molecule has 1 fully saturated rings. The number of ether oxygens (including phenoxy) is 2. The highest BCUT2D eigenvalue weighted by Crippen LogP contribution is 2.44. The summed E-state index contributed by atoms with van der Waals surface area (Å²) in [6.07, 6.45) is 1.65. The number of thiazole rings is 1. The van der Waals surface area contributed by atoms with Crippen molar-refractivity contribution in [1.29, 1.82) is 0 Å². The zero-order chi connectivity index (χ0) is 26.8. The Morgan fingerprint density at radius 3 is 2.61 bits per heavy atom. The van der Waals surface area contributed by atoms with Crippen LogP contribution in [0.5, 0.6) is 11.5 Å². The fourth-order valence-electron chi connectivity index (χ4n) is 4.42. The van der Waals surface area contributed by atoms with Crippen molar-refractivity contribution >= 4 is 44.1 Å². The van der Waals surface area contributed by atoms with Crippen molar-refractivity contribution in [2.24, 2.45) is 0 Å². The number of aliphatic hydroxyl groups is 1. The molecule has 0 aliphatic carbocycles. The van der Waals surface area contributed by atoms with Crippen molar-refractivity contribution in [1.82, 2.24) is 4.98 Å². The molecule has 1 N–H and O–H groups in total. The van der Waals surface area contributed by atoms with E-state index in [1.807, 2.05) is 32.0 Å². The molecule has 1 saturated heterocycles. The first kappa shape index (κ1) is 25.2. The number of rotatable bonds is 8. The van der Waals surface area contributed by atoms with E-state index in [9.17, 15) is 14.7 Å². The van der Waals surface area contributed by atoms with E-state index in [-0.39, 0.29) is 11.3 Å². The molecule has 1 aliphatic heterocycles. The average Bonchev–Trinajstić information content (AvgIpc) is 3.45. The Kier molecular flexibility index (Phi) is 6.98. The first-order valence-electron chi connectivity index (χ1n) is 12.2. The number of carbonyl (C=O) groups excluding carboxylic acids is 2. The van der Waals surface area contributed by atoms with Gasteiger partial charge in [0.25, 0.3) is 5.78 Å². The average molecular weight is 527 g/mol. The van der Waals surface area contributed by atoms with Crippen LogP contribution in [0.25, 0.3) is 16.0 Å². The molecule has 0 bridgehead atoms. The van der Waals surface area contributed by atoms with Crippen molar-refractivity contribution < 1.29 is 24.2 Å². The highest BCUT2D eigenvalue weighted by atomic mass is 32.1. The standard InChI is InChI=1S/C30H26N2O5S/c1-4-15-37-21-12-10-19(11-13-21)26-25(27(33)20-7-6-8-22(17-20)36-5-2)28(34)29(35)32(26)30-31-23-14-9-18(3)16-24(23)38-30/h4,6-14,16-17,26,33H,1,5,15H2,2-3H3/b27-25+. The maximum absolute atomic E-state index is 13.5. The van der Waals surface area contributed by atoms with E-state index in [4.69, 9.17) is 9.47 Å². The third kappa shape index (κ3) is 4.66. The Hall–Kier alpha value is -4.43. The van der Waals surface area contributed by atoms with Gasteiger partial charge in [-0.15, -0.1) is 0 Å². The molecule has 7 nitrogen and oxygen atoms in total. The van der Waals surface area contributed by atoms with Gasteiger partial charge in [0.15, 0.2) is 5.13 Å². The molecule has 192 valence electrons. The van der Waals surface area contributed by atoms with Crippen LogP contribution in [-0.4, -0.2) is 35.0 Å². The van der Waals surface area contributed by atoms with E-state index < -0.39 is 17.7 Å². The lowest BCUT2D eigenvalue weighted by molar-refractivity contribution is -0.132. The number of carbonyl (C=O) groups is 2. The van der Waals surface area contributed by atoms with Crippen LogP contribution >= 0.6 is 11.3 Å². The summed E-state index contributed by atoms with van der Waals surface area (Å²) in [6, 6.07) is 18.8. The molecule has 5 rings (SSSR count). The van der Waals surface area contributed by atoms with Crippen molar-refractivity contribution in [3.63, 3.8) is 0 Å². The third-order valence-electron chi connectivity index (χ3n) is 6.17. The van der Waals surface area contributed by atoms with Crippen molar-refractivity contribution in [3.05, 3.63) is 102 Å². The minimum absolute atomic E-state index is 0.0150. The highest BCUT2D eigenvalue weighted by Gasteiger charge is 2.48. The van der Waals surface area contributed by atoms with Gasteiger partial charge in [-0.25, -0.2) is 4.98 Å². The molecule has 8 heteroatoms. The normalized spacial score (nSPS) is 16.7. The summed E-state index contributed by atoms with van der Waals surface area (Å²) in [5.41, 5.74) is 2.79. The van der Waals surface area contributed by atoms with E-state index in [1.54, 1.807) is 54.6 Å². The van der Waals surface area contributed by atoms with Crippen LogP contribution in [0.4, 0.5) is 5.13 Å². The lowest BCUT2D eigenvalue weighted by atomic mass is 9.95. The first-order chi connectivity index (χ1) is 18.4. The number of nitrogens with zero attached hydrogens (tertiary/aromatic N) is 2. The molecule has 1 aliphatic rings. The molecular weight excluding hydrogens is 500 g/mol. The van der Waals surface area contributed by atoms with Gasteiger partial charge in [0, 0.05) is 5.56 Å². The van der Waals surface area contributed by atoms with Gasteiger partial charge in [-0.3, -0.25) is 14.5 Å². The monoisotopic (exact) mass is 526 g/mol. The summed E-state index contributed by atoms with van der Waals surface area (Å²) in [5, 5.41) is 11.8. The predicted octanol–water partition coefficient (Wildman–Crippen LogP) is 6.19. The summed E-state index contributed by atoms with van der Waals surface area (Å²) in [5.74, 6) is -0.642. The van der Waals surface area contributed by atoms with E-state index >= 15 is 0 Å². The lowest BCUT2D eigenvalue weighted by Gasteiger charge is -2.23. The number of aromatic nitrogens is 1. The van der Waals surface area contributed by atoms with Crippen LogP contribution in [-0.2, 0) is 9.59 Å². The van der Waals surface area contributed by atoms with Crippen molar-refractivity contribution in [2.45, 2.75) is 19.9 Å². The molecule has 38 heavy (non-hydrogen) atoms. The van der Waals surface area contributed by atoms with Crippen molar-refractivity contribution in [3.8, 4) is 11.5 Å². The Morgan fingerprint density at radius 2 is 1.87 bits per heavy atom. The summed E-state index contributed by atoms with van der Waals surface area (Å²) in [6.45, 7) is 8.30. The van der Waals surface area contributed by atoms with Gasteiger partial charge in [0.05, 0.1) is 28.4 Å². The minimum atomic E-state index is -0.888. The summed E-state index contributed by atoms with van der Waals surface area (Å²) >= 11 is 1.33. The van der Waals surface area contributed by atoms with Crippen molar-refractivity contribution in [2.75, 3.05) is 18.1 Å². The van der Waals surface area contributed by atoms with Gasteiger partial charge < -0.3 is 14.6 Å². The number of ketones is 1. The van der Waals surface area contributed by atoms with E-state index in [0.717, 1.165) is 15.8 Å². The maximum Gasteiger partial charge on any atom is 0.301 e. The molecule has 3 aromatic carbocycles. The Labute approximate surface area is 224 Å². The van der Waals surface area contributed by atoms with Gasteiger partial charge in [0.1, 0.15) is 23.9 Å². The largest absolute Gasteiger partial charge is 0.507 e. The number of hydrogen-bond donors (Lipinski definition) is 1. The zero-order valence-corrected chi connectivity index (χ0v) is 21.8. The fraction of sp³-hybridized carbons (Fsp3) is 0.167. The maximum atomic E-state index is 13.5. The number of amides is 1. The van der Waals surface area contributed by atoms with E-state index in [2.05, 4.69) is 11.6 Å². The Bertz CT molecular complexity index is 1570. The van der Waals surface area contributed by atoms with Gasteiger partial charge in [-0.1, -0.05) is 54.3 Å². The molecular formula is C30H26N2O5S. The number of aryl methyl sites for hydroxylation is 1. The molecule has 1 aromatic heterocycles. The molecule has 1 atom stereocenters. The Morgan fingerprint density at radius 1 is 1.08 bits per heavy atom. The summed E-state index contributed by atoms with van der Waals surface area (Å²) in [4.78, 5) is 33.0. The van der Waals surface area contributed by atoms with Gasteiger partial charge in [0.2, 0.25) is 0 Å². The SMILES string of the molecule is C=CCOc1ccc(C2/C(=C(\O)c3cccc(OCC)c3)C(=O)C(=O)N2c2nc3ccc(C)cc3s2)cc1. The predicted molar refractivity (Wildman–Crippen MR) is 149 cm³/mol. The van der Waals surface area contributed by atoms with E-state index in [1.165, 1.54) is 16.2 Å². The van der Waals surface area contributed by atoms with Crippen LogP contribution in [0.3, 0.4) is 0 Å². The highest BCUT2D eigenvalue weighted by molar-refractivity contribution is 7.22. The molecule has 0 spiro atoms. The minimum Gasteiger partial charge on any atom is -0.507 e. The quantitative estimate of drug-likeness (QED) is 0.127. The summed E-state index contributed by atoms with van der Waals surface area (Å²) in [7, 11) is 0. The second-order valence-electron chi connectivity index (χ2n) is 8.77. The van der Waals surface area contributed by atoms with Gasteiger partial charge in [-0.2, -0.15) is 0 Å². The zero-order valence-electron chi connectivity index (χ0n) is 21.0. The van der Waals surface area contributed by atoms with Crippen LogP contribution < -0.4 is 14.4 Å². The second-order valence-corrected chi connectivity index (χ2v) is 9.78. The number of hydrogen-bond acceptors (Lipinski definition) is 7. The number of anilines is 1. The fourth-order valence-corrected chi connectivity index (χ4v) is 5.52. The third-order valence-corrected chi connectivity index (χ3v) is 7.18. The molecule has 4 aromatic rings. The number of benzene rings is 3. The first-order valence-corrected chi connectivity index (χ1v) is 13.0. The molecule has 0 saturated carbocycles. The number of Topliss-reactive ketones (excluding diaryl/α,β-unsaturated/α-hetero) is 1. The molecule has 2 heterocycles. The van der Waals surface area contributed by atoms with Gasteiger partial charge in [-0.05, 0) is 61.4 Å². The smallest absolute Gasteiger partial charge is 0.301 e. The van der Waals surface area contributed by atoms with Crippen LogP contribution in [0.15, 0.2) is 85.0 Å². The Balaban J connectivity index is 1.67. The van der Waals surface area contributed by atoms with E-state index in [0.29, 0.717) is 41.0 Å². The summed E-state index contributed by atoms with van der Waals surface area (Å²) < 4.78 is 12.1. The molecule has 0 radical (unpaired) electrons. The van der Waals surface area contributed by atoms with Gasteiger partial charge >= 0.3 is 5.91 Å². The van der Waals surface area contributed by atoms with Crippen LogP contribution in [0.2, 0.25) is 0 Å². The molecule has 1 unspecified atom stereocenters. The van der Waals surface area contributed by atoms with Crippen LogP contribution in [0.1, 0.15) is 29.7 Å². The van der Waals surface area contributed by atoms with Crippen LogP contribution in [0, 0.1) is 6.92 Å². The topological polar surface area (TPSA) is 89.0 Å². The molecule has 1 amide bonds. The number of aliphatic hydroxyl groups excluding tert-OH is 1. The second kappa shape index (κ2) is 10.5. The number of fused-ring (bicyclic) bond motifs is 1.